The minimum atomic E-state index is -0.828. The van der Waals surface area contributed by atoms with E-state index in [9.17, 15) is 8.78 Å². The zero-order valence-electron chi connectivity index (χ0n) is 9.18. The van der Waals surface area contributed by atoms with Crippen LogP contribution < -0.4 is 0 Å². The third-order valence-corrected chi connectivity index (χ3v) is 2.63. The van der Waals surface area contributed by atoms with E-state index in [0.29, 0.717) is 31.6 Å². The molecule has 0 aliphatic heterocycles. The maximum Gasteiger partial charge on any atom is 0.162 e. The Morgan fingerprint density at radius 1 is 1.38 bits per heavy atom. The molecule has 1 unspecified atom stereocenters. The molecule has 0 aromatic heterocycles. The minimum Gasteiger partial charge on any atom is -0.382 e. The van der Waals surface area contributed by atoms with E-state index >= 15 is 0 Å². The average molecular weight is 249 g/mol. The summed E-state index contributed by atoms with van der Waals surface area (Å²) in [6.07, 6.45) is 0.948. The number of halogens is 3. The van der Waals surface area contributed by atoms with E-state index in [-0.39, 0.29) is 5.38 Å². The Morgan fingerprint density at radius 2 is 2.12 bits per heavy atom. The van der Waals surface area contributed by atoms with Gasteiger partial charge in [-0.1, -0.05) is 12.1 Å². The fraction of sp³-hybridized carbons (Fsp3) is 0.500. The van der Waals surface area contributed by atoms with Gasteiger partial charge in [-0.15, -0.1) is 11.6 Å². The van der Waals surface area contributed by atoms with Crippen molar-refractivity contribution in [2.75, 3.05) is 13.2 Å². The lowest BCUT2D eigenvalue weighted by Crippen LogP contribution is -2.09. The molecule has 1 aromatic rings. The van der Waals surface area contributed by atoms with Crippen LogP contribution in [0.2, 0.25) is 0 Å². The van der Waals surface area contributed by atoms with Gasteiger partial charge in [0, 0.05) is 18.6 Å². The predicted octanol–water partition coefficient (Wildman–Crippen LogP) is 3.54. The predicted molar refractivity (Wildman–Crippen MR) is 60.8 cm³/mol. The number of hydrogen-bond acceptors (Lipinski definition) is 1. The lowest BCUT2D eigenvalue weighted by molar-refractivity contribution is 0.144. The molecule has 16 heavy (non-hydrogen) atoms. The summed E-state index contributed by atoms with van der Waals surface area (Å²) >= 11 is 6.01. The Labute approximate surface area is 99.4 Å². The maximum atomic E-state index is 13.3. The van der Waals surface area contributed by atoms with Crippen molar-refractivity contribution in [2.24, 2.45) is 0 Å². The molecule has 0 N–H and O–H groups in total. The van der Waals surface area contributed by atoms with Gasteiger partial charge in [0.25, 0.3) is 0 Å². The van der Waals surface area contributed by atoms with Gasteiger partial charge in [-0.3, -0.25) is 0 Å². The Bertz CT molecular complexity index is 331. The average Bonchev–Trinajstić information content (AvgIpc) is 2.25. The zero-order chi connectivity index (χ0) is 12.0. The van der Waals surface area contributed by atoms with Gasteiger partial charge >= 0.3 is 0 Å². The highest BCUT2D eigenvalue weighted by Gasteiger charge is 2.12. The molecule has 0 aliphatic rings. The molecule has 0 fully saturated rings. The number of alkyl halides is 1. The molecule has 1 rings (SSSR count). The second-order valence-corrected chi connectivity index (χ2v) is 4.12. The summed E-state index contributed by atoms with van der Waals surface area (Å²) in [5.41, 5.74) is 0.316. The minimum absolute atomic E-state index is 0.233. The highest BCUT2D eigenvalue weighted by molar-refractivity contribution is 6.20. The van der Waals surface area contributed by atoms with Crippen molar-refractivity contribution in [2.45, 2.75) is 25.1 Å². The lowest BCUT2D eigenvalue weighted by Gasteiger charge is -2.10. The van der Waals surface area contributed by atoms with Crippen LogP contribution in [0.25, 0.3) is 0 Å². The molecule has 1 nitrogen and oxygen atoms in total. The molecule has 0 spiro atoms. The first-order valence-corrected chi connectivity index (χ1v) is 5.73. The fourth-order valence-electron chi connectivity index (χ4n) is 1.40. The topological polar surface area (TPSA) is 9.23 Å². The third kappa shape index (κ3) is 4.06. The molecule has 0 bridgehead atoms. The van der Waals surface area contributed by atoms with Crippen molar-refractivity contribution in [3.05, 3.63) is 35.4 Å². The molecule has 0 amide bonds. The number of rotatable bonds is 6. The van der Waals surface area contributed by atoms with Crippen molar-refractivity contribution in [3.8, 4) is 0 Å². The summed E-state index contributed by atoms with van der Waals surface area (Å²) in [5, 5.41) is -0.233. The van der Waals surface area contributed by atoms with Crippen LogP contribution in [0.3, 0.4) is 0 Å². The van der Waals surface area contributed by atoms with Gasteiger partial charge < -0.3 is 4.74 Å². The highest BCUT2D eigenvalue weighted by Crippen LogP contribution is 2.17. The van der Waals surface area contributed by atoms with Crippen molar-refractivity contribution >= 4 is 11.6 Å². The van der Waals surface area contributed by atoms with E-state index < -0.39 is 11.6 Å². The fourth-order valence-corrected chi connectivity index (χ4v) is 1.66. The van der Waals surface area contributed by atoms with Crippen molar-refractivity contribution in [1.29, 1.82) is 0 Å². The summed E-state index contributed by atoms with van der Waals surface area (Å²) < 4.78 is 31.3. The van der Waals surface area contributed by atoms with Crippen LogP contribution >= 0.6 is 11.6 Å². The largest absolute Gasteiger partial charge is 0.382 e. The van der Waals surface area contributed by atoms with Crippen LogP contribution in [0.15, 0.2) is 18.2 Å². The monoisotopic (exact) mass is 248 g/mol. The first kappa shape index (κ1) is 13.4. The van der Waals surface area contributed by atoms with Crippen LogP contribution in [0, 0.1) is 11.6 Å². The van der Waals surface area contributed by atoms with Crippen molar-refractivity contribution in [1.82, 2.24) is 0 Å². The van der Waals surface area contributed by atoms with E-state index in [1.165, 1.54) is 6.07 Å². The van der Waals surface area contributed by atoms with Crippen LogP contribution in [0.5, 0.6) is 0 Å². The molecule has 0 radical (unpaired) electrons. The second-order valence-electron chi connectivity index (χ2n) is 3.50. The molecular weight excluding hydrogens is 234 g/mol. The van der Waals surface area contributed by atoms with Gasteiger partial charge in [-0.25, -0.2) is 8.78 Å². The SMILES string of the molecule is CCOCCC(Cl)Cc1cccc(F)c1F. The molecule has 1 atom stereocenters. The second kappa shape index (κ2) is 6.81. The molecule has 90 valence electrons. The molecule has 4 heteroatoms. The van der Waals surface area contributed by atoms with E-state index in [0.717, 1.165) is 6.07 Å². The Hall–Kier alpha value is -0.670. The number of benzene rings is 1. The van der Waals surface area contributed by atoms with E-state index in [2.05, 4.69) is 0 Å². The van der Waals surface area contributed by atoms with Gasteiger partial charge in [0.15, 0.2) is 11.6 Å². The molecule has 0 saturated heterocycles. The summed E-state index contributed by atoms with van der Waals surface area (Å²) in [4.78, 5) is 0. The smallest absolute Gasteiger partial charge is 0.162 e. The first-order valence-electron chi connectivity index (χ1n) is 5.29. The maximum absolute atomic E-state index is 13.3. The third-order valence-electron chi connectivity index (χ3n) is 2.25. The Balaban J connectivity index is 2.49. The molecule has 1 aromatic carbocycles. The quantitative estimate of drug-likeness (QED) is 0.553. The van der Waals surface area contributed by atoms with Gasteiger partial charge in [0.1, 0.15) is 0 Å². The van der Waals surface area contributed by atoms with Gasteiger partial charge in [0.2, 0.25) is 0 Å². The highest BCUT2D eigenvalue weighted by atomic mass is 35.5. The number of ether oxygens (including phenoxy) is 1. The normalized spacial score (nSPS) is 12.8. The summed E-state index contributed by atoms with van der Waals surface area (Å²) in [7, 11) is 0. The number of hydrogen-bond donors (Lipinski definition) is 0. The summed E-state index contributed by atoms with van der Waals surface area (Å²) in [6, 6.07) is 4.14. The summed E-state index contributed by atoms with van der Waals surface area (Å²) in [6.45, 7) is 3.08. The Morgan fingerprint density at radius 3 is 2.81 bits per heavy atom. The molecular formula is C12H15ClF2O. The van der Waals surface area contributed by atoms with E-state index in [1.807, 2.05) is 6.92 Å². The van der Waals surface area contributed by atoms with Crippen LogP contribution in [-0.2, 0) is 11.2 Å². The molecule has 0 aliphatic carbocycles. The molecule has 0 saturated carbocycles. The first-order chi connectivity index (χ1) is 7.65. The Kier molecular flexibility index (Phi) is 5.71. The standard InChI is InChI=1S/C12H15ClF2O/c1-2-16-7-6-10(13)8-9-4-3-5-11(14)12(9)15/h3-5,10H,2,6-8H2,1H3. The van der Waals surface area contributed by atoms with Gasteiger partial charge in [0.05, 0.1) is 0 Å². The summed E-state index contributed by atoms with van der Waals surface area (Å²) in [5.74, 6) is -1.63. The van der Waals surface area contributed by atoms with E-state index in [1.54, 1.807) is 6.07 Å². The van der Waals surface area contributed by atoms with Crippen LogP contribution in [0.1, 0.15) is 18.9 Å². The van der Waals surface area contributed by atoms with Crippen molar-refractivity contribution < 1.29 is 13.5 Å². The van der Waals surface area contributed by atoms with Gasteiger partial charge in [-0.2, -0.15) is 0 Å². The molecule has 0 heterocycles. The van der Waals surface area contributed by atoms with Gasteiger partial charge in [-0.05, 0) is 31.4 Å². The zero-order valence-corrected chi connectivity index (χ0v) is 9.94. The van der Waals surface area contributed by atoms with Crippen LogP contribution in [-0.4, -0.2) is 18.6 Å². The lowest BCUT2D eigenvalue weighted by atomic mass is 10.1. The van der Waals surface area contributed by atoms with Crippen LogP contribution in [0.4, 0.5) is 8.78 Å². The van der Waals surface area contributed by atoms with E-state index in [4.69, 9.17) is 16.3 Å². The van der Waals surface area contributed by atoms with Crippen molar-refractivity contribution in [3.63, 3.8) is 0 Å².